The van der Waals surface area contributed by atoms with Gasteiger partial charge in [0.25, 0.3) is 0 Å². The van der Waals surface area contributed by atoms with E-state index in [0.29, 0.717) is 13.0 Å². The Bertz CT molecular complexity index is 803. The van der Waals surface area contributed by atoms with Crippen molar-refractivity contribution in [2.24, 2.45) is 5.92 Å². The van der Waals surface area contributed by atoms with Crippen LogP contribution in [-0.4, -0.2) is 49.9 Å². The molecule has 0 aliphatic carbocycles. The molecule has 31 heavy (non-hydrogen) atoms. The van der Waals surface area contributed by atoms with Crippen LogP contribution in [-0.2, 0) is 30.1 Å². The number of likely N-dealkylation sites (tertiary alicyclic amines) is 1. The molecule has 0 N–H and O–H groups in total. The Hall–Kier alpha value is -2.19. The number of rotatable bonds is 5. The second kappa shape index (κ2) is 9.12. The number of nitrogens with zero attached hydrogens (tertiary/aromatic N) is 1. The number of cyclic esters (lactones) is 2. The lowest BCUT2D eigenvalue weighted by molar-refractivity contribution is -0.166. The second-order valence-corrected chi connectivity index (χ2v) is 14.8. The van der Waals surface area contributed by atoms with Crippen LogP contribution in [0.5, 0.6) is 0 Å². The van der Waals surface area contributed by atoms with E-state index in [-0.39, 0.29) is 42.6 Å². The zero-order valence-corrected chi connectivity index (χ0v) is 20.1. The van der Waals surface area contributed by atoms with Gasteiger partial charge in [-0.2, -0.15) is 0 Å². The van der Waals surface area contributed by atoms with Crippen molar-refractivity contribution in [3.63, 3.8) is 0 Å². The quantitative estimate of drug-likeness (QED) is 0.381. The second-order valence-electron chi connectivity index (χ2n) is 10.0. The van der Waals surface area contributed by atoms with Crippen LogP contribution >= 0.6 is 0 Å². The maximum absolute atomic E-state index is 13.0. The van der Waals surface area contributed by atoms with Gasteiger partial charge in [-0.05, 0) is 30.1 Å². The molecule has 2 fully saturated rings. The van der Waals surface area contributed by atoms with Gasteiger partial charge in [0.05, 0.1) is 18.9 Å². The highest BCUT2D eigenvalue weighted by Gasteiger charge is 2.47. The minimum atomic E-state index is -2.05. The molecule has 0 spiro atoms. The number of hydrogen-bond acceptors (Lipinski definition) is 6. The van der Waals surface area contributed by atoms with Crippen LogP contribution < -0.4 is 0 Å². The van der Waals surface area contributed by atoms with Gasteiger partial charge in [-0.3, -0.25) is 9.59 Å². The predicted molar refractivity (Wildman–Crippen MR) is 118 cm³/mol. The van der Waals surface area contributed by atoms with Gasteiger partial charge >= 0.3 is 18.0 Å². The molecule has 0 bridgehead atoms. The lowest BCUT2D eigenvalue weighted by Crippen LogP contribution is -2.45. The lowest BCUT2D eigenvalue weighted by Gasteiger charge is -2.38. The SMILES string of the molecule is CC(C)(C)[Si](C)(C)O[C@@H]1C[C@@H](C2CC(=O)OC(=O)C2)N(C(=O)OCc2ccccc2)C1. The van der Waals surface area contributed by atoms with E-state index in [0.717, 1.165) is 5.56 Å². The molecule has 1 amide bonds. The van der Waals surface area contributed by atoms with E-state index in [1.807, 2.05) is 30.3 Å². The number of ether oxygens (including phenoxy) is 2. The van der Waals surface area contributed by atoms with E-state index in [9.17, 15) is 14.4 Å². The molecule has 0 radical (unpaired) electrons. The molecule has 2 aliphatic heterocycles. The van der Waals surface area contributed by atoms with Crippen molar-refractivity contribution in [3.8, 4) is 0 Å². The number of amides is 1. The molecule has 1 aromatic carbocycles. The van der Waals surface area contributed by atoms with E-state index in [2.05, 4.69) is 33.9 Å². The van der Waals surface area contributed by atoms with Crippen molar-refractivity contribution in [3.05, 3.63) is 35.9 Å². The van der Waals surface area contributed by atoms with E-state index in [1.165, 1.54) is 0 Å². The van der Waals surface area contributed by atoms with E-state index in [4.69, 9.17) is 13.9 Å². The summed E-state index contributed by atoms with van der Waals surface area (Å²) in [5.41, 5.74) is 0.900. The van der Waals surface area contributed by atoms with Gasteiger partial charge in [0, 0.05) is 18.5 Å². The van der Waals surface area contributed by atoms with Crippen LogP contribution in [0.4, 0.5) is 4.79 Å². The Morgan fingerprint density at radius 2 is 1.74 bits per heavy atom. The summed E-state index contributed by atoms with van der Waals surface area (Å²) in [5.74, 6) is -1.36. The van der Waals surface area contributed by atoms with Crippen molar-refractivity contribution < 1.29 is 28.3 Å². The van der Waals surface area contributed by atoms with Crippen molar-refractivity contribution >= 4 is 26.3 Å². The molecule has 0 saturated carbocycles. The third kappa shape index (κ3) is 5.74. The van der Waals surface area contributed by atoms with Crippen molar-refractivity contribution in [1.82, 2.24) is 4.90 Å². The summed E-state index contributed by atoms with van der Waals surface area (Å²) < 4.78 is 16.8. The van der Waals surface area contributed by atoms with E-state index < -0.39 is 26.3 Å². The van der Waals surface area contributed by atoms with Gasteiger partial charge < -0.3 is 18.8 Å². The van der Waals surface area contributed by atoms with Gasteiger partial charge in [0.2, 0.25) is 0 Å². The van der Waals surface area contributed by atoms with Gasteiger partial charge in [0.1, 0.15) is 6.61 Å². The Morgan fingerprint density at radius 3 is 2.32 bits per heavy atom. The monoisotopic (exact) mass is 447 g/mol. The average Bonchev–Trinajstić information content (AvgIpc) is 3.08. The van der Waals surface area contributed by atoms with Gasteiger partial charge in [-0.15, -0.1) is 0 Å². The highest BCUT2D eigenvalue weighted by Crippen LogP contribution is 2.40. The Morgan fingerprint density at radius 1 is 1.13 bits per heavy atom. The van der Waals surface area contributed by atoms with Crippen molar-refractivity contribution in [1.29, 1.82) is 0 Å². The van der Waals surface area contributed by atoms with E-state index >= 15 is 0 Å². The zero-order chi connectivity index (χ0) is 22.8. The first-order chi connectivity index (χ1) is 14.5. The smallest absolute Gasteiger partial charge is 0.410 e. The predicted octanol–water partition coefficient (Wildman–Crippen LogP) is 4.27. The summed E-state index contributed by atoms with van der Waals surface area (Å²) in [6, 6.07) is 9.19. The van der Waals surface area contributed by atoms with Crippen LogP contribution in [0.25, 0.3) is 0 Å². The summed E-state index contributed by atoms with van der Waals surface area (Å²) in [6.07, 6.45) is 0.222. The summed E-state index contributed by atoms with van der Waals surface area (Å²) >= 11 is 0. The fraction of sp³-hybridized carbons (Fsp3) is 0.609. The van der Waals surface area contributed by atoms with Gasteiger partial charge in [-0.1, -0.05) is 51.1 Å². The molecule has 2 atom stereocenters. The molecular formula is C23H33NO6Si. The summed E-state index contributed by atoms with van der Waals surface area (Å²) in [4.78, 5) is 38.4. The van der Waals surface area contributed by atoms with Crippen molar-refractivity contribution in [2.45, 2.75) is 76.9 Å². The van der Waals surface area contributed by atoms with Crippen LogP contribution in [0, 0.1) is 5.92 Å². The molecule has 1 aromatic rings. The molecule has 170 valence electrons. The van der Waals surface area contributed by atoms with Gasteiger partial charge in [0.15, 0.2) is 8.32 Å². The number of carbonyl (C=O) groups is 3. The third-order valence-electron chi connectivity index (χ3n) is 6.64. The highest BCUT2D eigenvalue weighted by molar-refractivity contribution is 6.74. The largest absolute Gasteiger partial charge is 0.445 e. The maximum Gasteiger partial charge on any atom is 0.410 e. The molecule has 3 rings (SSSR count). The van der Waals surface area contributed by atoms with Gasteiger partial charge in [-0.25, -0.2) is 4.79 Å². The number of benzene rings is 1. The normalized spacial score (nSPS) is 23.1. The molecule has 0 unspecified atom stereocenters. The summed E-state index contributed by atoms with van der Waals surface area (Å²) in [7, 11) is -2.05. The zero-order valence-electron chi connectivity index (χ0n) is 19.1. The van der Waals surface area contributed by atoms with Crippen LogP contribution in [0.15, 0.2) is 30.3 Å². The Kier molecular flexibility index (Phi) is 6.91. The topological polar surface area (TPSA) is 82.1 Å². The Labute approximate surface area is 185 Å². The molecular weight excluding hydrogens is 414 g/mol. The first-order valence-electron chi connectivity index (χ1n) is 10.8. The number of hydrogen-bond donors (Lipinski definition) is 0. The number of esters is 2. The minimum Gasteiger partial charge on any atom is -0.445 e. The standard InChI is InChI=1S/C23H33NO6Si/c1-23(2,3)31(4,5)30-18-13-19(17-11-20(25)29-21(26)12-17)24(14-18)22(27)28-15-16-9-7-6-8-10-16/h6-10,17-19H,11-15H2,1-5H3/t18-,19+/m1/s1. The Balaban J connectivity index is 1.75. The van der Waals surface area contributed by atoms with Crippen LogP contribution in [0.3, 0.4) is 0 Å². The summed E-state index contributed by atoms with van der Waals surface area (Å²) in [6.45, 7) is 11.4. The summed E-state index contributed by atoms with van der Waals surface area (Å²) in [5, 5.41) is 0.0361. The van der Waals surface area contributed by atoms with Crippen LogP contribution in [0.2, 0.25) is 18.1 Å². The first kappa shape index (κ1) is 23.5. The molecule has 8 heteroatoms. The first-order valence-corrected chi connectivity index (χ1v) is 13.8. The fourth-order valence-electron chi connectivity index (χ4n) is 3.95. The molecule has 0 aromatic heterocycles. The molecule has 2 heterocycles. The van der Waals surface area contributed by atoms with Crippen LogP contribution in [0.1, 0.15) is 45.6 Å². The fourth-order valence-corrected chi connectivity index (χ4v) is 5.30. The van der Waals surface area contributed by atoms with Crippen molar-refractivity contribution in [2.75, 3.05) is 6.54 Å². The number of carbonyl (C=O) groups excluding carboxylic acids is 3. The minimum absolute atomic E-state index is 0.0361. The maximum atomic E-state index is 13.0. The highest BCUT2D eigenvalue weighted by atomic mass is 28.4. The third-order valence-corrected chi connectivity index (χ3v) is 11.2. The lowest BCUT2D eigenvalue weighted by atomic mass is 9.89. The molecule has 2 saturated heterocycles. The molecule has 7 nitrogen and oxygen atoms in total. The average molecular weight is 448 g/mol. The molecule has 2 aliphatic rings. The van der Waals surface area contributed by atoms with E-state index in [1.54, 1.807) is 4.90 Å².